The first-order valence-corrected chi connectivity index (χ1v) is 6.17. The van der Waals surface area contributed by atoms with E-state index in [-0.39, 0.29) is 0 Å². The molecule has 0 N–H and O–H groups in total. The van der Waals surface area contributed by atoms with Crippen LogP contribution < -0.4 is 0 Å². The standard InChI is InChI=1S/C16H16F2/c1-3-11(2)12-7-9-13(10-8-12)14-5-4-6-15(17)16(14)18/h4-11H,3H2,1-2H3. The highest BCUT2D eigenvalue weighted by molar-refractivity contribution is 5.64. The van der Waals surface area contributed by atoms with Crippen LogP contribution in [0.3, 0.4) is 0 Å². The molecule has 0 radical (unpaired) electrons. The van der Waals surface area contributed by atoms with Gasteiger partial charge in [-0.1, -0.05) is 50.2 Å². The Balaban J connectivity index is 2.37. The first kappa shape index (κ1) is 12.7. The van der Waals surface area contributed by atoms with Gasteiger partial charge in [0, 0.05) is 5.56 Å². The van der Waals surface area contributed by atoms with Crippen LogP contribution in [-0.2, 0) is 0 Å². The normalized spacial score (nSPS) is 12.4. The van der Waals surface area contributed by atoms with E-state index in [1.807, 2.05) is 24.3 Å². The second-order valence-corrected chi connectivity index (χ2v) is 4.53. The fourth-order valence-corrected chi connectivity index (χ4v) is 1.95. The molecule has 2 aromatic rings. The lowest BCUT2D eigenvalue weighted by Gasteiger charge is -2.10. The van der Waals surface area contributed by atoms with Crippen LogP contribution in [0, 0.1) is 11.6 Å². The molecule has 0 aliphatic carbocycles. The van der Waals surface area contributed by atoms with E-state index in [1.54, 1.807) is 6.07 Å². The van der Waals surface area contributed by atoms with E-state index in [4.69, 9.17) is 0 Å². The predicted molar refractivity (Wildman–Crippen MR) is 70.5 cm³/mol. The molecule has 0 aliphatic rings. The Hall–Kier alpha value is -1.70. The van der Waals surface area contributed by atoms with Crippen molar-refractivity contribution in [3.05, 3.63) is 59.7 Å². The van der Waals surface area contributed by atoms with Crippen LogP contribution in [0.2, 0.25) is 0 Å². The predicted octanol–water partition coefficient (Wildman–Crippen LogP) is 5.15. The Bertz CT molecular complexity index is 529. The van der Waals surface area contributed by atoms with E-state index in [0.29, 0.717) is 17.0 Å². The molecule has 1 atom stereocenters. The van der Waals surface area contributed by atoms with Gasteiger partial charge < -0.3 is 0 Å². The Morgan fingerprint density at radius 2 is 1.67 bits per heavy atom. The van der Waals surface area contributed by atoms with Crippen molar-refractivity contribution in [1.82, 2.24) is 0 Å². The molecule has 2 aromatic carbocycles. The minimum atomic E-state index is -0.807. The van der Waals surface area contributed by atoms with Gasteiger partial charge in [0.25, 0.3) is 0 Å². The average Bonchev–Trinajstić information content (AvgIpc) is 2.41. The molecule has 94 valence electrons. The SMILES string of the molecule is CCC(C)c1ccc(-c2cccc(F)c2F)cc1. The zero-order chi connectivity index (χ0) is 13.1. The molecule has 0 saturated carbocycles. The Labute approximate surface area is 106 Å². The Morgan fingerprint density at radius 3 is 2.28 bits per heavy atom. The molecule has 0 fully saturated rings. The first-order valence-electron chi connectivity index (χ1n) is 6.17. The molecule has 0 spiro atoms. The van der Waals surface area contributed by atoms with Crippen molar-refractivity contribution in [2.45, 2.75) is 26.2 Å². The molecule has 2 heteroatoms. The lowest BCUT2D eigenvalue weighted by Crippen LogP contribution is -1.92. The van der Waals surface area contributed by atoms with Gasteiger partial charge in [-0.2, -0.15) is 0 Å². The number of benzene rings is 2. The summed E-state index contributed by atoms with van der Waals surface area (Å²) < 4.78 is 26.8. The van der Waals surface area contributed by atoms with E-state index in [0.717, 1.165) is 12.5 Å². The molecule has 0 amide bonds. The summed E-state index contributed by atoms with van der Waals surface area (Å²) in [7, 11) is 0. The van der Waals surface area contributed by atoms with Crippen LogP contribution >= 0.6 is 0 Å². The first-order chi connectivity index (χ1) is 8.63. The van der Waals surface area contributed by atoms with Crippen LogP contribution in [0.5, 0.6) is 0 Å². The zero-order valence-corrected chi connectivity index (χ0v) is 10.6. The number of hydrogen-bond acceptors (Lipinski definition) is 0. The maximum atomic E-state index is 13.6. The molecular formula is C16H16F2. The van der Waals surface area contributed by atoms with Crippen molar-refractivity contribution >= 4 is 0 Å². The zero-order valence-electron chi connectivity index (χ0n) is 10.6. The summed E-state index contributed by atoms with van der Waals surface area (Å²) in [6, 6.07) is 11.9. The summed E-state index contributed by atoms with van der Waals surface area (Å²) in [6.07, 6.45) is 1.06. The summed E-state index contributed by atoms with van der Waals surface area (Å²) in [4.78, 5) is 0. The molecule has 0 bridgehead atoms. The summed E-state index contributed by atoms with van der Waals surface area (Å²) in [6.45, 7) is 4.28. The largest absolute Gasteiger partial charge is 0.204 e. The third-order valence-corrected chi connectivity index (χ3v) is 3.35. The van der Waals surface area contributed by atoms with Gasteiger partial charge in [-0.15, -0.1) is 0 Å². The number of halogens is 2. The smallest absolute Gasteiger partial charge is 0.166 e. The molecule has 0 saturated heterocycles. The molecule has 18 heavy (non-hydrogen) atoms. The van der Waals surface area contributed by atoms with E-state index in [1.165, 1.54) is 11.6 Å². The Kier molecular flexibility index (Phi) is 3.75. The van der Waals surface area contributed by atoms with Gasteiger partial charge in [0.2, 0.25) is 0 Å². The molecule has 2 rings (SSSR count). The van der Waals surface area contributed by atoms with E-state index >= 15 is 0 Å². The van der Waals surface area contributed by atoms with Crippen LogP contribution in [0.25, 0.3) is 11.1 Å². The van der Waals surface area contributed by atoms with Gasteiger partial charge in [0.05, 0.1) is 0 Å². The summed E-state index contributed by atoms with van der Waals surface area (Å²) in [5, 5.41) is 0. The quantitative estimate of drug-likeness (QED) is 0.703. The fourth-order valence-electron chi connectivity index (χ4n) is 1.95. The van der Waals surface area contributed by atoms with E-state index in [9.17, 15) is 8.78 Å². The van der Waals surface area contributed by atoms with Crippen LogP contribution in [0.15, 0.2) is 42.5 Å². The van der Waals surface area contributed by atoms with Crippen molar-refractivity contribution in [2.75, 3.05) is 0 Å². The van der Waals surface area contributed by atoms with Gasteiger partial charge >= 0.3 is 0 Å². The number of rotatable bonds is 3. The topological polar surface area (TPSA) is 0 Å². The molecule has 0 heterocycles. The average molecular weight is 246 g/mol. The lowest BCUT2D eigenvalue weighted by molar-refractivity contribution is 0.511. The monoisotopic (exact) mass is 246 g/mol. The van der Waals surface area contributed by atoms with Crippen LogP contribution in [0.4, 0.5) is 8.78 Å². The van der Waals surface area contributed by atoms with Crippen LogP contribution in [-0.4, -0.2) is 0 Å². The maximum Gasteiger partial charge on any atom is 0.166 e. The second kappa shape index (κ2) is 5.30. The molecule has 0 aromatic heterocycles. The fraction of sp³-hybridized carbons (Fsp3) is 0.250. The molecule has 0 aliphatic heterocycles. The minimum Gasteiger partial charge on any atom is -0.204 e. The van der Waals surface area contributed by atoms with Gasteiger partial charge in [-0.05, 0) is 29.5 Å². The molecule has 0 nitrogen and oxygen atoms in total. The second-order valence-electron chi connectivity index (χ2n) is 4.53. The van der Waals surface area contributed by atoms with Gasteiger partial charge in [-0.3, -0.25) is 0 Å². The van der Waals surface area contributed by atoms with Crippen molar-refractivity contribution in [3.8, 4) is 11.1 Å². The Morgan fingerprint density at radius 1 is 1.00 bits per heavy atom. The van der Waals surface area contributed by atoms with Crippen molar-refractivity contribution in [3.63, 3.8) is 0 Å². The van der Waals surface area contributed by atoms with Gasteiger partial charge in [0.15, 0.2) is 11.6 Å². The maximum absolute atomic E-state index is 13.6. The van der Waals surface area contributed by atoms with Gasteiger partial charge in [-0.25, -0.2) is 8.78 Å². The summed E-state index contributed by atoms with van der Waals surface area (Å²) >= 11 is 0. The van der Waals surface area contributed by atoms with E-state index in [2.05, 4.69) is 13.8 Å². The third kappa shape index (κ3) is 2.42. The summed E-state index contributed by atoms with van der Waals surface area (Å²) in [5.74, 6) is -1.11. The summed E-state index contributed by atoms with van der Waals surface area (Å²) in [5.41, 5.74) is 2.24. The highest BCUT2D eigenvalue weighted by Crippen LogP contribution is 2.27. The van der Waals surface area contributed by atoms with Gasteiger partial charge in [0.1, 0.15) is 0 Å². The van der Waals surface area contributed by atoms with E-state index < -0.39 is 11.6 Å². The van der Waals surface area contributed by atoms with Crippen molar-refractivity contribution < 1.29 is 8.78 Å². The minimum absolute atomic E-state index is 0.311. The van der Waals surface area contributed by atoms with Crippen LogP contribution in [0.1, 0.15) is 31.7 Å². The third-order valence-electron chi connectivity index (χ3n) is 3.35. The lowest BCUT2D eigenvalue weighted by atomic mass is 9.96. The van der Waals surface area contributed by atoms with Crippen molar-refractivity contribution in [2.24, 2.45) is 0 Å². The number of hydrogen-bond donors (Lipinski definition) is 0. The highest BCUT2D eigenvalue weighted by Gasteiger charge is 2.10. The molecular weight excluding hydrogens is 230 g/mol. The molecule has 1 unspecified atom stereocenters. The highest BCUT2D eigenvalue weighted by atomic mass is 19.2. The van der Waals surface area contributed by atoms with Crippen molar-refractivity contribution in [1.29, 1.82) is 0 Å².